The lowest BCUT2D eigenvalue weighted by Gasteiger charge is -2.20. The van der Waals surface area contributed by atoms with Crippen molar-refractivity contribution in [2.75, 3.05) is 23.3 Å². The predicted octanol–water partition coefficient (Wildman–Crippen LogP) is 3.61. The van der Waals surface area contributed by atoms with Crippen LogP contribution >= 0.6 is 0 Å². The summed E-state index contributed by atoms with van der Waals surface area (Å²) in [7, 11) is 0. The molecule has 0 radical (unpaired) electrons. The Balaban J connectivity index is 1.94. The summed E-state index contributed by atoms with van der Waals surface area (Å²) in [4.78, 5) is 15.3. The highest BCUT2D eigenvalue weighted by molar-refractivity contribution is 5.91. The van der Waals surface area contributed by atoms with Crippen LogP contribution in [0, 0.1) is 0 Å². The van der Waals surface area contributed by atoms with Crippen LogP contribution in [0.1, 0.15) is 13.8 Å². The van der Waals surface area contributed by atoms with Crippen molar-refractivity contribution in [1.29, 1.82) is 0 Å². The molecule has 0 amide bonds. The molecule has 0 aliphatic rings. The van der Waals surface area contributed by atoms with Gasteiger partial charge in [0.05, 0.1) is 11.2 Å². The molecule has 1 N–H and O–H groups in total. The fourth-order valence-corrected chi connectivity index (χ4v) is 2.48. The summed E-state index contributed by atoms with van der Waals surface area (Å²) in [6.07, 6.45) is 3.39. The van der Waals surface area contributed by atoms with Crippen molar-refractivity contribution in [3.8, 4) is 0 Å². The first-order valence-corrected chi connectivity index (χ1v) is 7.49. The van der Waals surface area contributed by atoms with Gasteiger partial charge in [0.1, 0.15) is 18.0 Å². The normalized spacial score (nSPS) is 10.6. The molecule has 0 bridgehead atoms. The van der Waals surface area contributed by atoms with Crippen molar-refractivity contribution in [2.24, 2.45) is 0 Å². The maximum Gasteiger partial charge on any atom is 0.135 e. The third kappa shape index (κ3) is 2.83. The van der Waals surface area contributed by atoms with Gasteiger partial charge in [0.25, 0.3) is 0 Å². The maximum atomic E-state index is 4.45. The first-order valence-electron chi connectivity index (χ1n) is 7.49. The Morgan fingerprint density at radius 2 is 1.82 bits per heavy atom. The summed E-state index contributed by atoms with van der Waals surface area (Å²) >= 11 is 0. The fraction of sp³-hybridized carbons (Fsp3) is 0.235. The summed E-state index contributed by atoms with van der Waals surface area (Å²) in [5.41, 5.74) is 1.88. The summed E-state index contributed by atoms with van der Waals surface area (Å²) in [6.45, 7) is 6.08. The second-order valence-electron chi connectivity index (χ2n) is 4.94. The highest BCUT2D eigenvalue weighted by Crippen LogP contribution is 2.24. The lowest BCUT2D eigenvalue weighted by atomic mass is 10.2. The molecule has 1 aromatic carbocycles. The Hall–Kier alpha value is -2.69. The molecule has 0 saturated heterocycles. The highest BCUT2D eigenvalue weighted by Gasteiger charge is 2.07. The predicted molar refractivity (Wildman–Crippen MR) is 90.6 cm³/mol. The number of benzene rings is 1. The fourth-order valence-electron chi connectivity index (χ4n) is 2.48. The Labute approximate surface area is 130 Å². The second-order valence-corrected chi connectivity index (χ2v) is 4.94. The van der Waals surface area contributed by atoms with Crippen LogP contribution in [0.4, 0.5) is 17.3 Å². The minimum atomic E-state index is 0.773. The van der Waals surface area contributed by atoms with E-state index in [-0.39, 0.29) is 0 Å². The molecule has 0 saturated carbocycles. The zero-order valence-electron chi connectivity index (χ0n) is 12.8. The van der Waals surface area contributed by atoms with Crippen LogP contribution in [-0.4, -0.2) is 28.0 Å². The molecule has 112 valence electrons. The van der Waals surface area contributed by atoms with Crippen LogP contribution in [0.25, 0.3) is 10.9 Å². The lowest BCUT2D eigenvalue weighted by molar-refractivity contribution is 0.842. The molecule has 5 heteroatoms. The van der Waals surface area contributed by atoms with Gasteiger partial charge in [-0.25, -0.2) is 9.97 Å². The van der Waals surface area contributed by atoms with E-state index in [4.69, 9.17) is 0 Å². The zero-order chi connectivity index (χ0) is 15.4. The number of fused-ring (bicyclic) bond motifs is 1. The summed E-state index contributed by atoms with van der Waals surface area (Å²) in [5.74, 6) is 1.70. The first kappa shape index (κ1) is 14.3. The SMILES string of the molecule is CCN(CC)c1cc(Nc2cccc3cccnc23)ncn1. The second kappa shape index (κ2) is 6.39. The first-order chi connectivity index (χ1) is 10.8. The van der Waals surface area contributed by atoms with Crippen LogP contribution in [0.3, 0.4) is 0 Å². The molecule has 0 aliphatic carbocycles. The lowest BCUT2D eigenvalue weighted by Crippen LogP contribution is -2.23. The highest BCUT2D eigenvalue weighted by atomic mass is 15.2. The molecule has 0 spiro atoms. The van der Waals surface area contributed by atoms with Gasteiger partial charge in [-0.2, -0.15) is 0 Å². The van der Waals surface area contributed by atoms with Crippen molar-refractivity contribution < 1.29 is 0 Å². The van der Waals surface area contributed by atoms with Gasteiger partial charge in [-0.05, 0) is 26.0 Å². The van der Waals surface area contributed by atoms with Gasteiger partial charge in [0.2, 0.25) is 0 Å². The Kier molecular flexibility index (Phi) is 4.14. The van der Waals surface area contributed by atoms with Gasteiger partial charge in [-0.1, -0.05) is 18.2 Å². The van der Waals surface area contributed by atoms with Gasteiger partial charge in [-0.3, -0.25) is 4.98 Å². The van der Waals surface area contributed by atoms with E-state index in [1.54, 1.807) is 12.5 Å². The van der Waals surface area contributed by atoms with Crippen LogP contribution in [0.5, 0.6) is 0 Å². The van der Waals surface area contributed by atoms with Crippen molar-refractivity contribution in [3.63, 3.8) is 0 Å². The number of hydrogen-bond acceptors (Lipinski definition) is 5. The number of para-hydroxylation sites is 1. The molecular weight excluding hydrogens is 274 g/mol. The zero-order valence-corrected chi connectivity index (χ0v) is 12.8. The van der Waals surface area contributed by atoms with Gasteiger partial charge < -0.3 is 10.2 Å². The number of rotatable bonds is 5. The number of anilines is 3. The van der Waals surface area contributed by atoms with E-state index in [1.165, 1.54) is 0 Å². The number of hydrogen-bond donors (Lipinski definition) is 1. The van der Waals surface area contributed by atoms with Gasteiger partial charge >= 0.3 is 0 Å². The standard InChI is InChI=1S/C17H19N5/c1-3-22(4-2)16-11-15(19-12-20-16)21-14-9-5-7-13-8-6-10-18-17(13)14/h5-12H,3-4H2,1-2H3,(H,19,20,21). The van der Waals surface area contributed by atoms with E-state index in [0.29, 0.717) is 0 Å². The molecule has 3 aromatic rings. The van der Waals surface area contributed by atoms with E-state index < -0.39 is 0 Å². The summed E-state index contributed by atoms with van der Waals surface area (Å²) in [5, 5.41) is 4.45. The minimum Gasteiger partial charge on any atom is -0.357 e. The van der Waals surface area contributed by atoms with Crippen LogP contribution < -0.4 is 10.2 Å². The number of aromatic nitrogens is 3. The molecule has 0 unspecified atom stereocenters. The third-order valence-electron chi connectivity index (χ3n) is 3.64. The minimum absolute atomic E-state index is 0.773. The average molecular weight is 293 g/mol. The topological polar surface area (TPSA) is 53.9 Å². The number of pyridine rings is 1. The molecular formula is C17H19N5. The quantitative estimate of drug-likeness (QED) is 0.778. The van der Waals surface area contributed by atoms with E-state index in [0.717, 1.165) is 41.3 Å². The van der Waals surface area contributed by atoms with Crippen molar-refractivity contribution in [3.05, 3.63) is 48.9 Å². The van der Waals surface area contributed by atoms with Crippen LogP contribution in [0.15, 0.2) is 48.9 Å². The van der Waals surface area contributed by atoms with E-state index in [2.05, 4.69) is 51.1 Å². The van der Waals surface area contributed by atoms with E-state index in [1.807, 2.05) is 24.3 Å². The molecule has 3 rings (SSSR count). The van der Waals surface area contributed by atoms with Crippen molar-refractivity contribution >= 4 is 28.2 Å². The summed E-state index contributed by atoms with van der Waals surface area (Å²) in [6, 6.07) is 12.0. The van der Waals surface area contributed by atoms with Crippen molar-refractivity contribution in [2.45, 2.75) is 13.8 Å². The Bertz CT molecular complexity index is 762. The van der Waals surface area contributed by atoms with Crippen molar-refractivity contribution in [1.82, 2.24) is 15.0 Å². The van der Waals surface area contributed by atoms with Gasteiger partial charge in [0.15, 0.2) is 0 Å². The maximum absolute atomic E-state index is 4.45. The molecule has 5 nitrogen and oxygen atoms in total. The average Bonchev–Trinajstić information content (AvgIpc) is 2.57. The Morgan fingerprint density at radius 3 is 2.64 bits per heavy atom. The van der Waals surface area contributed by atoms with Crippen LogP contribution in [0.2, 0.25) is 0 Å². The molecule has 0 atom stereocenters. The van der Waals surface area contributed by atoms with Crippen LogP contribution in [-0.2, 0) is 0 Å². The monoisotopic (exact) mass is 293 g/mol. The number of nitrogens with one attached hydrogen (secondary N) is 1. The molecule has 0 aliphatic heterocycles. The molecule has 22 heavy (non-hydrogen) atoms. The van der Waals surface area contributed by atoms with Gasteiger partial charge in [-0.15, -0.1) is 0 Å². The number of nitrogens with zero attached hydrogens (tertiary/aromatic N) is 4. The molecule has 2 aromatic heterocycles. The van der Waals surface area contributed by atoms with Gasteiger partial charge in [0, 0.05) is 30.7 Å². The third-order valence-corrected chi connectivity index (χ3v) is 3.64. The Morgan fingerprint density at radius 1 is 1.00 bits per heavy atom. The molecule has 2 heterocycles. The summed E-state index contributed by atoms with van der Waals surface area (Å²) < 4.78 is 0. The van der Waals surface area contributed by atoms with E-state index in [9.17, 15) is 0 Å². The molecule has 0 fully saturated rings. The smallest absolute Gasteiger partial charge is 0.135 e. The van der Waals surface area contributed by atoms with E-state index >= 15 is 0 Å². The largest absolute Gasteiger partial charge is 0.357 e.